The van der Waals surface area contributed by atoms with E-state index in [0.29, 0.717) is 69.6 Å². The molecule has 0 heterocycles. The normalized spacial score (nSPS) is 14.6. The fraction of sp³-hybridized carbons (Fsp3) is 1.00. The highest BCUT2D eigenvalue weighted by Gasteiger charge is 2.57. The summed E-state index contributed by atoms with van der Waals surface area (Å²) >= 11 is 0. The largest absolute Gasteiger partial charge is 0.400 e. The molecule has 0 saturated heterocycles. The first-order valence-electron chi connectivity index (χ1n) is 41.2. The average molecular weight is 1890 g/mol. The Morgan fingerprint density at radius 1 is 0.270 bits per heavy atom. The van der Waals surface area contributed by atoms with Gasteiger partial charge in [0, 0.05) is 25.7 Å². The van der Waals surface area contributed by atoms with Gasteiger partial charge in [0.05, 0.1) is 28.6 Å². The van der Waals surface area contributed by atoms with Gasteiger partial charge in [-0.05, 0) is 78.4 Å². The zero-order valence-electron chi connectivity index (χ0n) is 77.3. The number of hydrogen-bond donors (Lipinski definition) is 0. The zero-order chi connectivity index (χ0) is 102. The molecule has 0 nitrogen and oxygen atoms in total. The molecule has 0 radical (unpaired) electrons. The van der Waals surface area contributed by atoms with E-state index in [1.54, 1.807) is 96.9 Å². The Morgan fingerprint density at radius 3 is 0.746 bits per heavy atom. The molecule has 0 aliphatic rings. The van der Waals surface area contributed by atoms with Gasteiger partial charge in [0.1, 0.15) is 0 Å². The van der Waals surface area contributed by atoms with E-state index in [1.807, 2.05) is 20.8 Å². The van der Waals surface area contributed by atoms with E-state index in [9.17, 15) is 171 Å². The van der Waals surface area contributed by atoms with E-state index in [2.05, 4.69) is 27.7 Å². The third-order valence-electron chi connectivity index (χ3n) is 19.6. The van der Waals surface area contributed by atoms with E-state index in [4.69, 9.17) is 0 Å². The lowest BCUT2D eigenvalue weighted by atomic mass is 9.81. The van der Waals surface area contributed by atoms with Crippen molar-refractivity contribution in [3.05, 3.63) is 0 Å². The van der Waals surface area contributed by atoms with Crippen molar-refractivity contribution in [2.24, 2.45) is 86.8 Å². The smallest absolute Gasteiger partial charge is 0.171 e. The predicted molar refractivity (Wildman–Crippen MR) is 412 cm³/mol. The molecular formula is C83H151F39. The summed E-state index contributed by atoms with van der Waals surface area (Å²) in [7, 11) is 0. The minimum atomic E-state index is -5.19. The molecule has 0 rings (SSSR count). The van der Waals surface area contributed by atoms with Gasteiger partial charge >= 0.3 is 80.3 Å². The molecule has 2 unspecified atom stereocenters. The van der Waals surface area contributed by atoms with Crippen LogP contribution in [-0.2, 0) is 0 Å². The van der Waals surface area contributed by atoms with Gasteiger partial charge in [-0.25, -0.2) is 0 Å². The second-order valence-electron chi connectivity index (χ2n) is 34.4. The summed E-state index contributed by atoms with van der Waals surface area (Å²) in [4.78, 5) is 0. The summed E-state index contributed by atoms with van der Waals surface area (Å²) in [6.45, 7) is 49.4. The Labute approximate surface area is 704 Å². The molecule has 0 saturated carbocycles. The summed E-state index contributed by atoms with van der Waals surface area (Å²) in [6.07, 6.45) is -49.7. The number of rotatable bonds is 27. The van der Waals surface area contributed by atoms with Crippen molar-refractivity contribution in [2.45, 2.75) is 449 Å². The molecule has 0 amide bonds. The highest BCUT2D eigenvalue weighted by atomic mass is 19.5. The van der Waals surface area contributed by atoms with Gasteiger partial charge in [-0.1, -0.05) is 310 Å². The maximum absolute atomic E-state index is 12.1. The van der Waals surface area contributed by atoms with Crippen molar-refractivity contribution in [3.63, 3.8) is 0 Å². The van der Waals surface area contributed by atoms with Crippen LogP contribution in [0.1, 0.15) is 368 Å². The van der Waals surface area contributed by atoms with Crippen LogP contribution in [0.15, 0.2) is 0 Å². The van der Waals surface area contributed by atoms with Crippen molar-refractivity contribution in [3.8, 4) is 0 Å². The van der Waals surface area contributed by atoms with E-state index < -0.39 is 171 Å². The van der Waals surface area contributed by atoms with E-state index in [-0.39, 0.29) is 55.3 Å². The zero-order valence-corrected chi connectivity index (χ0v) is 77.3. The van der Waals surface area contributed by atoms with Crippen LogP contribution in [-0.4, -0.2) is 80.3 Å². The van der Waals surface area contributed by atoms with Gasteiger partial charge in [-0.15, -0.1) is 0 Å². The maximum Gasteiger partial charge on any atom is 0.400 e. The predicted octanol–water partition coefficient (Wildman–Crippen LogP) is 40.2. The molecule has 0 aromatic heterocycles. The van der Waals surface area contributed by atoms with E-state index in [0.717, 1.165) is 25.7 Å². The van der Waals surface area contributed by atoms with Gasteiger partial charge in [0.2, 0.25) is 0 Å². The topological polar surface area (TPSA) is 0 Å². The lowest BCUT2D eigenvalue weighted by Crippen LogP contribution is -2.37. The van der Waals surface area contributed by atoms with Crippen molar-refractivity contribution in [2.75, 3.05) is 0 Å². The second kappa shape index (κ2) is 65.8. The molecule has 0 aliphatic heterocycles. The molecule has 6 atom stereocenters. The van der Waals surface area contributed by atoms with Crippen LogP contribution >= 0.6 is 0 Å². The second-order valence-corrected chi connectivity index (χ2v) is 34.4. The van der Waals surface area contributed by atoms with Crippen molar-refractivity contribution < 1.29 is 171 Å². The van der Waals surface area contributed by atoms with Crippen LogP contribution < -0.4 is 0 Å². The van der Waals surface area contributed by atoms with Crippen LogP contribution in [0.3, 0.4) is 0 Å². The van der Waals surface area contributed by atoms with Gasteiger partial charge in [-0.3, -0.25) is 0 Å². The van der Waals surface area contributed by atoms with Gasteiger partial charge in [-0.2, -0.15) is 171 Å². The molecule has 0 fully saturated rings. The molecule has 0 spiro atoms. The standard InChI is InChI=1S/2C7H10F6.9C7H13F3.C6H14/c1-4(2)3-5(6(8,9)10)7(11,12)13;1-2-3-4-5(6(8,9)10)7(11,12)13;1-5(2)6(3,4)7(8,9)10;1-4-6(2,3)5-7(8,9)10;1-4-5-6(2,3)7(8,9)10;2*1-4-5(2)6(3)7(8,9)10;1-3-4-6(2)5-7(8,9)10;1-3-4-5-6(2)7(8,9)10;1-3-6(4-2)5-7(8,9)10;1-2-3-4-5-6-7(8,9)10;1-5-6(2,3)4/h4-5H,3H2,1-2H3;5H,2-4H2,1H3;5H,1-4H3;2*4-5H2,1-3H3;2*5-6H,4H2,1-3H3;3*6H,3-5H2,1-2H3;2-6H2,1H3;5H2,1-4H3/t;;;;;5?,6-;5-,6?;2*6-;;;/m.....1000.../s1. The van der Waals surface area contributed by atoms with Crippen LogP contribution in [0, 0.1) is 86.8 Å². The number of unbranched alkanes of at least 4 members (excludes halogenated alkanes) is 5. The van der Waals surface area contributed by atoms with Crippen LogP contribution in [0.5, 0.6) is 0 Å². The highest BCUT2D eigenvalue weighted by Crippen LogP contribution is 2.47. The summed E-state index contributed by atoms with van der Waals surface area (Å²) < 4.78 is 461. The summed E-state index contributed by atoms with van der Waals surface area (Å²) in [6, 6.07) is 0. The molecule has 122 heavy (non-hydrogen) atoms. The molecule has 0 aromatic rings. The quantitative estimate of drug-likeness (QED) is 0.0568. The first-order valence-corrected chi connectivity index (χ1v) is 41.2. The van der Waals surface area contributed by atoms with Crippen LogP contribution in [0.25, 0.3) is 0 Å². The Hall–Kier alpha value is -2.73. The first kappa shape index (κ1) is 145. The number of alkyl halides is 39. The summed E-state index contributed by atoms with van der Waals surface area (Å²) in [5.41, 5.74) is -3.13. The summed E-state index contributed by atoms with van der Waals surface area (Å²) in [5.74, 6) is -11.8. The maximum atomic E-state index is 12.1. The average Bonchev–Trinajstić information content (AvgIpc) is 0.842. The van der Waals surface area contributed by atoms with Gasteiger partial charge in [0.15, 0.2) is 11.8 Å². The van der Waals surface area contributed by atoms with Crippen molar-refractivity contribution in [1.82, 2.24) is 0 Å². The molecular weight excluding hydrogens is 1740 g/mol. The lowest BCUT2D eigenvalue weighted by molar-refractivity contribution is -0.288. The minimum absolute atomic E-state index is 0.0658. The van der Waals surface area contributed by atoms with Gasteiger partial charge in [0.25, 0.3) is 0 Å². The van der Waals surface area contributed by atoms with Crippen LogP contribution in [0.2, 0.25) is 0 Å². The molecule has 0 aromatic carbocycles. The van der Waals surface area contributed by atoms with E-state index in [1.165, 1.54) is 68.7 Å². The van der Waals surface area contributed by atoms with Crippen molar-refractivity contribution in [1.29, 1.82) is 0 Å². The van der Waals surface area contributed by atoms with Gasteiger partial charge < -0.3 is 0 Å². The Bertz CT molecular complexity index is 2240. The molecule has 0 bridgehead atoms. The molecule has 756 valence electrons. The minimum Gasteiger partial charge on any atom is -0.171 e. The van der Waals surface area contributed by atoms with Crippen molar-refractivity contribution >= 4 is 0 Å². The van der Waals surface area contributed by atoms with Crippen LogP contribution in [0.4, 0.5) is 171 Å². The number of halogens is 39. The fourth-order valence-corrected chi connectivity index (χ4v) is 8.28. The fourth-order valence-electron chi connectivity index (χ4n) is 8.28. The monoisotopic (exact) mass is 1890 g/mol. The number of hydrogen-bond acceptors (Lipinski definition) is 0. The Kier molecular flexibility index (Phi) is 78.1. The molecule has 0 N–H and O–H groups in total. The first-order chi connectivity index (χ1) is 53.3. The Morgan fingerprint density at radius 2 is 0.598 bits per heavy atom. The summed E-state index contributed by atoms with van der Waals surface area (Å²) in [5, 5.41) is 0. The molecule has 39 heteroatoms. The third kappa shape index (κ3) is 97.9. The SMILES string of the molecule is CC(C)C(C)(C)C(F)(F)F.CC(C)CC(C(F)(F)F)C(F)(F)F.CCC(C)(C)C.CCC(C)(C)CC(F)(F)F.CCC(C)[C@@H](C)C(F)(F)F.CCC(CC)CC(F)(F)F.CCCC(C)(C)C(F)(F)F.CCCCC(C(F)(F)F)C(F)(F)F.CCCCCCC(F)(F)F.CCCC[C@H](C)C(F)(F)F.CCC[C@H](C)CC(F)(F)F.CC[C@H](C)C(C)C(F)(F)F. The molecule has 0 aliphatic carbocycles. The highest BCUT2D eigenvalue weighted by molar-refractivity contribution is 4.81. The Balaban J connectivity index is -0.000000109. The van der Waals surface area contributed by atoms with E-state index >= 15 is 0 Å². The lowest BCUT2D eigenvalue weighted by Gasteiger charge is -2.31. The third-order valence-corrected chi connectivity index (χ3v) is 19.6.